The molecule has 0 fully saturated rings. The maximum Gasteiger partial charge on any atom is 0.202 e. The third-order valence-electron chi connectivity index (χ3n) is 1.47. The Kier molecular flexibility index (Phi) is 4.00. The van der Waals surface area contributed by atoms with Crippen LogP contribution < -0.4 is 5.32 Å². The van der Waals surface area contributed by atoms with Crippen LogP contribution in [0, 0.1) is 0 Å². The second-order valence-electron chi connectivity index (χ2n) is 2.69. The zero-order valence-corrected chi connectivity index (χ0v) is 8.45. The number of hydrogen-bond donors (Lipinski definition) is 1. The van der Waals surface area contributed by atoms with Crippen molar-refractivity contribution in [2.24, 2.45) is 0 Å². The van der Waals surface area contributed by atoms with E-state index in [9.17, 15) is 0 Å². The Bertz CT molecular complexity index is 222. The Labute approximate surface area is 77.4 Å². The van der Waals surface area contributed by atoms with Gasteiger partial charge in [-0.3, -0.25) is 0 Å². The minimum Gasteiger partial charge on any atom is -0.360 e. The molecule has 0 aliphatic carbocycles. The van der Waals surface area contributed by atoms with Gasteiger partial charge in [-0.2, -0.15) is 4.37 Å². The minimum atomic E-state index is 0.959. The third-order valence-corrected chi connectivity index (χ3v) is 2.18. The van der Waals surface area contributed by atoms with E-state index >= 15 is 0 Å². The molecule has 1 heterocycles. The first-order valence-corrected chi connectivity index (χ1v) is 5.20. The van der Waals surface area contributed by atoms with Crippen LogP contribution in [0.2, 0.25) is 0 Å². The number of anilines is 1. The van der Waals surface area contributed by atoms with Gasteiger partial charge in [-0.15, -0.1) is 0 Å². The van der Waals surface area contributed by atoms with E-state index in [1.165, 1.54) is 11.5 Å². The van der Waals surface area contributed by atoms with Crippen molar-refractivity contribution in [2.45, 2.75) is 33.1 Å². The molecular formula is C8H15N3S. The molecule has 0 spiro atoms. The van der Waals surface area contributed by atoms with Gasteiger partial charge in [0.25, 0.3) is 0 Å². The topological polar surface area (TPSA) is 37.8 Å². The number of nitrogens with one attached hydrogen (secondary N) is 1. The molecular weight excluding hydrogens is 170 g/mol. The summed E-state index contributed by atoms with van der Waals surface area (Å²) in [7, 11) is 0. The zero-order valence-electron chi connectivity index (χ0n) is 7.63. The first-order chi connectivity index (χ1) is 5.86. The summed E-state index contributed by atoms with van der Waals surface area (Å²) >= 11 is 1.46. The van der Waals surface area contributed by atoms with Gasteiger partial charge in [0.05, 0.1) is 0 Å². The molecule has 68 valence electrons. The van der Waals surface area contributed by atoms with E-state index in [1.54, 1.807) is 0 Å². The zero-order chi connectivity index (χ0) is 8.81. The highest BCUT2D eigenvalue weighted by atomic mass is 32.1. The van der Waals surface area contributed by atoms with Crippen LogP contribution in [-0.2, 0) is 6.42 Å². The van der Waals surface area contributed by atoms with Crippen molar-refractivity contribution in [3.63, 3.8) is 0 Å². The minimum absolute atomic E-state index is 0.959. The van der Waals surface area contributed by atoms with Crippen molar-refractivity contribution in [1.29, 1.82) is 0 Å². The van der Waals surface area contributed by atoms with Gasteiger partial charge in [0.2, 0.25) is 5.13 Å². The summed E-state index contributed by atoms with van der Waals surface area (Å²) in [5.41, 5.74) is 0. The molecule has 0 radical (unpaired) electrons. The van der Waals surface area contributed by atoms with Crippen molar-refractivity contribution in [3.8, 4) is 0 Å². The summed E-state index contributed by atoms with van der Waals surface area (Å²) in [6.45, 7) is 5.27. The monoisotopic (exact) mass is 185 g/mol. The van der Waals surface area contributed by atoms with Gasteiger partial charge in [0, 0.05) is 24.5 Å². The number of rotatable bonds is 5. The van der Waals surface area contributed by atoms with Crippen LogP contribution >= 0.6 is 11.5 Å². The van der Waals surface area contributed by atoms with Crippen molar-refractivity contribution in [3.05, 3.63) is 5.82 Å². The van der Waals surface area contributed by atoms with Gasteiger partial charge in [0.1, 0.15) is 5.82 Å². The summed E-state index contributed by atoms with van der Waals surface area (Å²) < 4.78 is 4.23. The average Bonchev–Trinajstić information content (AvgIpc) is 2.50. The predicted octanol–water partition coefficient (Wildman–Crippen LogP) is 2.31. The molecule has 0 unspecified atom stereocenters. The van der Waals surface area contributed by atoms with Crippen molar-refractivity contribution in [1.82, 2.24) is 9.36 Å². The molecule has 0 saturated heterocycles. The Morgan fingerprint density at radius 3 is 2.83 bits per heavy atom. The number of nitrogens with zero attached hydrogens (tertiary/aromatic N) is 2. The van der Waals surface area contributed by atoms with E-state index in [0.29, 0.717) is 0 Å². The van der Waals surface area contributed by atoms with Crippen LogP contribution in [0.15, 0.2) is 0 Å². The number of aryl methyl sites for hydroxylation is 1. The number of hydrogen-bond acceptors (Lipinski definition) is 4. The molecule has 0 saturated carbocycles. The maximum absolute atomic E-state index is 4.33. The summed E-state index contributed by atoms with van der Waals surface area (Å²) in [6, 6.07) is 0. The molecule has 0 atom stereocenters. The molecule has 0 aliphatic heterocycles. The maximum atomic E-state index is 4.33. The highest BCUT2D eigenvalue weighted by Gasteiger charge is 2.00. The lowest BCUT2D eigenvalue weighted by Gasteiger charge is -1.95. The standard InChI is InChI=1S/C8H15N3S/c1-3-5-7-10-8(12-11-7)9-6-4-2/h3-6H2,1-2H3,(H,9,10,11). The summed E-state index contributed by atoms with van der Waals surface area (Å²) in [5, 5.41) is 4.18. The van der Waals surface area contributed by atoms with Crippen LogP contribution in [-0.4, -0.2) is 15.9 Å². The molecule has 4 heteroatoms. The molecule has 0 bridgehead atoms. The Morgan fingerprint density at radius 2 is 2.17 bits per heavy atom. The van der Waals surface area contributed by atoms with Crippen molar-refractivity contribution in [2.75, 3.05) is 11.9 Å². The molecule has 0 aliphatic rings. The van der Waals surface area contributed by atoms with Gasteiger partial charge < -0.3 is 5.32 Å². The molecule has 12 heavy (non-hydrogen) atoms. The first-order valence-electron chi connectivity index (χ1n) is 4.43. The van der Waals surface area contributed by atoms with Crippen LogP contribution in [0.3, 0.4) is 0 Å². The highest BCUT2D eigenvalue weighted by molar-refractivity contribution is 7.09. The summed E-state index contributed by atoms with van der Waals surface area (Å²) in [6.07, 6.45) is 3.23. The van der Waals surface area contributed by atoms with Crippen LogP contribution in [0.25, 0.3) is 0 Å². The lowest BCUT2D eigenvalue weighted by atomic mass is 10.3. The Hall–Kier alpha value is -0.640. The van der Waals surface area contributed by atoms with Gasteiger partial charge in [-0.05, 0) is 12.8 Å². The second-order valence-corrected chi connectivity index (χ2v) is 3.44. The van der Waals surface area contributed by atoms with E-state index in [1.807, 2.05) is 0 Å². The lowest BCUT2D eigenvalue weighted by Crippen LogP contribution is -1.98. The molecule has 1 N–H and O–H groups in total. The third kappa shape index (κ3) is 2.77. The van der Waals surface area contributed by atoms with E-state index in [0.717, 1.165) is 36.8 Å². The normalized spacial score (nSPS) is 10.2. The van der Waals surface area contributed by atoms with Crippen LogP contribution in [0.1, 0.15) is 32.5 Å². The average molecular weight is 185 g/mol. The van der Waals surface area contributed by atoms with E-state index in [-0.39, 0.29) is 0 Å². The summed E-state index contributed by atoms with van der Waals surface area (Å²) in [5.74, 6) is 0.973. The molecule has 3 nitrogen and oxygen atoms in total. The molecule has 1 rings (SSSR count). The smallest absolute Gasteiger partial charge is 0.202 e. The molecule has 0 amide bonds. The van der Waals surface area contributed by atoms with E-state index < -0.39 is 0 Å². The quantitative estimate of drug-likeness (QED) is 0.765. The van der Waals surface area contributed by atoms with Crippen LogP contribution in [0.5, 0.6) is 0 Å². The Balaban J connectivity index is 2.41. The fourth-order valence-corrected chi connectivity index (χ4v) is 1.52. The van der Waals surface area contributed by atoms with Crippen molar-refractivity contribution >= 4 is 16.7 Å². The van der Waals surface area contributed by atoms with E-state index in [2.05, 4.69) is 28.5 Å². The van der Waals surface area contributed by atoms with Crippen molar-refractivity contribution < 1.29 is 0 Å². The molecule has 0 aromatic carbocycles. The lowest BCUT2D eigenvalue weighted by molar-refractivity contribution is 0.860. The molecule has 1 aromatic heterocycles. The largest absolute Gasteiger partial charge is 0.360 e. The van der Waals surface area contributed by atoms with Crippen LogP contribution in [0.4, 0.5) is 5.13 Å². The van der Waals surface area contributed by atoms with E-state index in [4.69, 9.17) is 0 Å². The van der Waals surface area contributed by atoms with Gasteiger partial charge in [-0.1, -0.05) is 13.8 Å². The SMILES string of the molecule is CCCNc1nc(CCC)ns1. The first kappa shape index (κ1) is 9.45. The highest BCUT2D eigenvalue weighted by Crippen LogP contribution is 2.11. The fraction of sp³-hybridized carbons (Fsp3) is 0.750. The number of aromatic nitrogens is 2. The van der Waals surface area contributed by atoms with Gasteiger partial charge >= 0.3 is 0 Å². The second kappa shape index (κ2) is 5.09. The predicted molar refractivity (Wildman–Crippen MR) is 52.7 cm³/mol. The summed E-state index contributed by atoms with van der Waals surface area (Å²) in [4.78, 5) is 4.33. The van der Waals surface area contributed by atoms with Gasteiger partial charge in [0.15, 0.2) is 0 Å². The Morgan fingerprint density at radius 1 is 1.33 bits per heavy atom. The van der Waals surface area contributed by atoms with Gasteiger partial charge in [-0.25, -0.2) is 4.98 Å². The fourth-order valence-electron chi connectivity index (χ4n) is 0.883. The molecule has 1 aromatic rings.